The summed E-state index contributed by atoms with van der Waals surface area (Å²) in [5.41, 5.74) is 19.2. The molecular formula is C72H68N2S2. The van der Waals surface area contributed by atoms with Gasteiger partial charge in [-0.05, 0) is 116 Å². The summed E-state index contributed by atoms with van der Waals surface area (Å²) in [6, 6.07) is 82.1. The van der Waals surface area contributed by atoms with Crippen LogP contribution in [0.5, 0.6) is 0 Å². The lowest BCUT2D eigenvalue weighted by Crippen LogP contribution is -2.15. The Morgan fingerprint density at radius 1 is 0.316 bits per heavy atom. The summed E-state index contributed by atoms with van der Waals surface area (Å²) in [5, 5.41) is 2.45. The number of nitrogens with zero attached hydrogens (tertiary/aromatic N) is 2. The fourth-order valence-corrected chi connectivity index (χ4v) is 13.4. The lowest BCUT2D eigenvalue weighted by molar-refractivity contribution is 0.590. The highest BCUT2D eigenvalue weighted by atomic mass is 32.1. The van der Waals surface area contributed by atoms with Gasteiger partial charge in [0.2, 0.25) is 0 Å². The summed E-state index contributed by atoms with van der Waals surface area (Å²) in [7, 11) is 0. The van der Waals surface area contributed by atoms with Crippen LogP contribution in [0.15, 0.2) is 218 Å². The van der Waals surface area contributed by atoms with Crippen molar-refractivity contribution in [3.05, 3.63) is 241 Å². The molecule has 378 valence electrons. The smallest absolute Gasteiger partial charge is 0.0735 e. The van der Waals surface area contributed by atoms with E-state index in [1.54, 1.807) is 0 Å². The molecule has 11 aromatic rings. The normalized spacial score (nSPS) is 12.1. The maximum Gasteiger partial charge on any atom is 0.0735 e. The molecule has 0 spiro atoms. The molecule has 2 aromatic heterocycles. The van der Waals surface area contributed by atoms with E-state index < -0.39 is 0 Å². The Bertz CT molecular complexity index is 3510. The molecule has 0 fully saturated rings. The molecule has 0 aliphatic carbocycles. The van der Waals surface area contributed by atoms with Crippen LogP contribution in [0.25, 0.3) is 63.3 Å². The maximum atomic E-state index is 2.60. The van der Waals surface area contributed by atoms with Gasteiger partial charge < -0.3 is 9.80 Å². The van der Waals surface area contributed by atoms with Crippen molar-refractivity contribution in [3.63, 3.8) is 0 Å². The van der Waals surface area contributed by atoms with Gasteiger partial charge in [-0.2, -0.15) is 0 Å². The van der Waals surface area contributed by atoms with Gasteiger partial charge >= 0.3 is 0 Å². The van der Waals surface area contributed by atoms with E-state index >= 15 is 0 Å². The summed E-state index contributed by atoms with van der Waals surface area (Å²) in [6.07, 6.45) is 0. The quantitative estimate of drug-likeness (QED) is 0.113. The van der Waals surface area contributed by atoms with Crippen molar-refractivity contribution in [2.45, 2.75) is 91.9 Å². The monoisotopic (exact) mass is 1020 g/mol. The number of rotatable bonds is 12. The summed E-state index contributed by atoms with van der Waals surface area (Å²) in [4.78, 5) is 7.67. The van der Waals surface area contributed by atoms with Gasteiger partial charge in [0.15, 0.2) is 0 Å². The predicted molar refractivity (Wildman–Crippen MR) is 334 cm³/mol. The van der Waals surface area contributed by atoms with Gasteiger partial charge in [0.05, 0.1) is 20.8 Å². The topological polar surface area (TPSA) is 6.48 Å². The van der Waals surface area contributed by atoms with Crippen molar-refractivity contribution in [2.75, 3.05) is 9.80 Å². The largest absolute Gasteiger partial charge is 0.308 e. The zero-order chi connectivity index (χ0) is 52.9. The van der Waals surface area contributed by atoms with Crippen molar-refractivity contribution >= 4 is 77.0 Å². The molecule has 0 amide bonds. The predicted octanol–water partition coefficient (Wildman–Crippen LogP) is 22.6. The zero-order valence-corrected chi connectivity index (χ0v) is 47.3. The van der Waals surface area contributed by atoms with Gasteiger partial charge in [-0.1, -0.05) is 239 Å². The van der Waals surface area contributed by atoms with Crippen molar-refractivity contribution in [2.24, 2.45) is 0 Å². The molecule has 0 aliphatic heterocycles. The first-order valence-corrected chi connectivity index (χ1v) is 28.6. The van der Waals surface area contributed by atoms with E-state index in [4.69, 9.17) is 0 Å². The molecule has 0 atom stereocenters. The first kappa shape index (κ1) is 50.6. The van der Waals surface area contributed by atoms with E-state index in [0.717, 1.165) is 22.7 Å². The Hall–Kier alpha value is -7.50. The van der Waals surface area contributed by atoms with Gasteiger partial charge in [-0.3, -0.25) is 0 Å². The van der Waals surface area contributed by atoms with Crippen LogP contribution in [-0.4, -0.2) is 0 Å². The lowest BCUT2D eigenvalue weighted by Gasteiger charge is -2.32. The highest BCUT2D eigenvalue weighted by Gasteiger charge is 2.35. The average Bonchev–Trinajstić information content (AvgIpc) is 4.14. The van der Waals surface area contributed by atoms with Crippen molar-refractivity contribution in [1.82, 2.24) is 0 Å². The van der Waals surface area contributed by atoms with Crippen LogP contribution in [0, 0.1) is 0 Å². The third kappa shape index (κ3) is 9.59. The van der Waals surface area contributed by atoms with Gasteiger partial charge in [-0.15, -0.1) is 22.7 Å². The number of fused-ring (bicyclic) bond motifs is 2. The van der Waals surface area contributed by atoms with Gasteiger partial charge in [0, 0.05) is 54.4 Å². The molecule has 2 nitrogen and oxygen atoms in total. The molecule has 2 heterocycles. The fraction of sp³-hybridized carbons (Fsp3) is 0.194. The molecule has 0 N–H and O–H groups in total. The van der Waals surface area contributed by atoms with E-state index in [2.05, 4.69) is 297 Å². The highest BCUT2D eigenvalue weighted by molar-refractivity contribution is 7.26. The molecule has 0 saturated heterocycles. The molecule has 0 unspecified atom stereocenters. The van der Waals surface area contributed by atoms with Crippen LogP contribution >= 0.6 is 22.7 Å². The van der Waals surface area contributed by atoms with E-state index in [1.165, 1.54) is 96.9 Å². The van der Waals surface area contributed by atoms with Gasteiger partial charge in [0.1, 0.15) is 0 Å². The third-order valence-electron chi connectivity index (χ3n) is 15.0. The van der Waals surface area contributed by atoms with Crippen LogP contribution < -0.4 is 9.80 Å². The minimum atomic E-state index is -0.0201. The average molecular weight is 1030 g/mol. The standard InChI is InChI=1S/C72H68N2S2/c1-47(2)49-31-39-57(40-32-49)73(59-43-35-55(36-44-59)71(5,6)7)65-63-61(51-23-15-11-16-24-51)67(53-27-19-13-20-28-53)76-70(63)66(64-62(52-25-17-12-18-26-52)68(75-69(64)65)54-29-21-14-22-30-54)74(58-41-33-50(34-42-58)48(3)4)60-45-37-56(38-46-60)72(8,9)10/h11-48H,1-10H3. The highest BCUT2D eigenvalue weighted by Crippen LogP contribution is 2.63. The molecule has 0 saturated carbocycles. The zero-order valence-electron chi connectivity index (χ0n) is 45.7. The number of benzene rings is 9. The molecular weight excluding hydrogens is 957 g/mol. The number of anilines is 6. The first-order chi connectivity index (χ1) is 36.7. The van der Waals surface area contributed by atoms with Crippen LogP contribution in [0.3, 0.4) is 0 Å². The molecule has 0 aliphatic rings. The molecule has 4 heteroatoms. The molecule has 76 heavy (non-hydrogen) atoms. The number of hydrogen-bond acceptors (Lipinski definition) is 4. The lowest BCUT2D eigenvalue weighted by atomic mass is 9.87. The van der Waals surface area contributed by atoms with Crippen molar-refractivity contribution in [3.8, 4) is 43.1 Å². The Balaban J connectivity index is 1.42. The Kier molecular flexibility index (Phi) is 13.7. The van der Waals surface area contributed by atoms with Gasteiger partial charge in [-0.25, -0.2) is 0 Å². The first-order valence-electron chi connectivity index (χ1n) is 27.0. The number of hydrogen-bond donors (Lipinski definition) is 0. The number of thiophene rings is 2. The maximum absolute atomic E-state index is 2.60. The third-order valence-corrected chi connectivity index (χ3v) is 17.5. The minimum absolute atomic E-state index is 0.0201. The van der Waals surface area contributed by atoms with Crippen LogP contribution in [-0.2, 0) is 10.8 Å². The summed E-state index contributed by atoms with van der Waals surface area (Å²) in [5.74, 6) is 0.775. The summed E-state index contributed by atoms with van der Waals surface area (Å²) in [6.45, 7) is 23.0. The summed E-state index contributed by atoms with van der Waals surface area (Å²) < 4.78 is 2.44. The Labute approximate surface area is 459 Å². The SMILES string of the molecule is CC(C)c1ccc(N(c2ccc(C(C)(C)C)cc2)c2c3sc(-c4ccccc4)c(-c4ccccc4)c3c(N(c3ccc(C(C)C)cc3)c3ccc(C(C)(C)C)cc3)c3sc(-c4ccccc4)c(-c4ccccc4)c23)cc1. The van der Waals surface area contributed by atoms with E-state index in [1.807, 2.05) is 22.7 Å². The van der Waals surface area contributed by atoms with Crippen LogP contribution in [0.1, 0.15) is 103 Å². The Morgan fingerprint density at radius 2 is 0.579 bits per heavy atom. The second kappa shape index (κ2) is 20.6. The Morgan fingerprint density at radius 3 is 0.842 bits per heavy atom. The van der Waals surface area contributed by atoms with Crippen molar-refractivity contribution in [1.29, 1.82) is 0 Å². The molecule has 11 rings (SSSR count). The second-order valence-electron chi connectivity index (χ2n) is 22.9. The van der Waals surface area contributed by atoms with Crippen LogP contribution in [0.4, 0.5) is 34.1 Å². The van der Waals surface area contributed by atoms with E-state index in [9.17, 15) is 0 Å². The molecule has 0 bridgehead atoms. The minimum Gasteiger partial charge on any atom is -0.308 e. The summed E-state index contributed by atoms with van der Waals surface area (Å²) >= 11 is 3.85. The van der Waals surface area contributed by atoms with Gasteiger partial charge in [0.25, 0.3) is 0 Å². The fourth-order valence-electron chi connectivity index (χ4n) is 10.7. The van der Waals surface area contributed by atoms with Crippen LogP contribution in [0.2, 0.25) is 0 Å². The van der Waals surface area contributed by atoms with E-state index in [-0.39, 0.29) is 10.8 Å². The van der Waals surface area contributed by atoms with E-state index in [0.29, 0.717) is 11.8 Å². The molecule has 0 radical (unpaired) electrons. The van der Waals surface area contributed by atoms with Crippen molar-refractivity contribution < 1.29 is 0 Å². The second-order valence-corrected chi connectivity index (χ2v) is 25.0. The molecule has 9 aromatic carbocycles.